The number of methoxy groups -OCH3 is 2. The van der Waals surface area contributed by atoms with Crippen LogP contribution in [0.2, 0.25) is 0 Å². The summed E-state index contributed by atoms with van der Waals surface area (Å²) in [6.07, 6.45) is 1.48. The molecule has 0 bridgehead atoms. The summed E-state index contributed by atoms with van der Waals surface area (Å²) in [7, 11) is 3.23. The average Bonchev–Trinajstić information content (AvgIpc) is 3.12. The number of carboxylic acids is 1. The van der Waals surface area contributed by atoms with E-state index in [2.05, 4.69) is 10.3 Å². The summed E-state index contributed by atoms with van der Waals surface area (Å²) < 4.78 is 10.7. The van der Waals surface area contributed by atoms with Gasteiger partial charge in [0.05, 0.1) is 25.3 Å². The maximum Gasteiger partial charge on any atom is 0.335 e. The van der Waals surface area contributed by atoms with Crippen molar-refractivity contribution < 1.29 is 24.2 Å². The fourth-order valence-electron chi connectivity index (χ4n) is 3.28. The van der Waals surface area contributed by atoms with Crippen LogP contribution in [0, 0.1) is 6.92 Å². The predicted octanol–water partition coefficient (Wildman–Crippen LogP) is 3.55. The van der Waals surface area contributed by atoms with Crippen LogP contribution < -0.4 is 14.8 Å². The molecule has 0 aliphatic rings. The number of H-pyrrole nitrogens is 1. The maximum atomic E-state index is 12.3. The molecule has 29 heavy (non-hydrogen) atoms. The summed E-state index contributed by atoms with van der Waals surface area (Å²) in [6, 6.07) is 10.4. The number of hydrogen-bond donors (Lipinski definition) is 3. The zero-order valence-electron chi connectivity index (χ0n) is 16.7. The number of aromatic amines is 1. The van der Waals surface area contributed by atoms with E-state index in [1.165, 1.54) is 12.1 Å². The van der Waals surface area contributed by atoms with E-state index in [-0.39, 0.29) is 11.5 Å². The van der Waals surface area contributed by atoms with E-state index >= 15 is 0 Å². The average molecular weight is 396 g/mol. The first-order valence-electron chi connectivity index (χ1n) is 9.28. The van der Waals surface area contributed by atoms with Gasteiger partial charge in [0.2, 0.25) is 0 Å². The molecule has 152 valence electrons. The Morgan fingerprint density at radius 3 is 2.48 bits per heavy atom. The van der Waals surface area contributed by atoms with Gasteiger partial charge in [-0.2, -0.15) is 0 Å². The maximum absolute atomic E-state index is 12.3. The highest BCUT2D eigenvalue weighted by Crippen LogP contribution is 2.31. The van der Waals surface area contributed by atoms with E-state index in [0.29, 0.717) is 17.9 Å². The predicted molar refractivity (Wildman–Crippen MR) is 110 cm³/mol. The Hall–Kier alpha value is -3.48. The van der Waals surface area contributed by atoms with Gasteiger partial charge in [-0.3, -0.25) is 4.79 Å². The van der Waals surface area contributed by atoms with Gasteiger partial charge in [0, 0.05) is 35.3 Å². The zero-order valence-corrected chi connectivity index (χ0v) is 16.7. The van der Waals surface area contributed by atoms with Gasteiger partial charge >= 0.3 is 5.97 Å². The highest BCUT2D eigenvalue weighted by Gasteiger charge is 2.12. The lowest BCUT2D eigenvalue weighted by Crippen LogP contribution is -2.25. The van der Waals surface area contributed by atoms with Gasteiger partial charge in [-0.25, -0.2) is 4.79 Å². The minimum absolute atomic E-state index is 0.109. The summed E-state index contributed by atoms with van der Waals surface area (Å²) in [4.78, 5) is 26.8. The molecule has 0 fully saturated rings. The fraction of sp³-hybridized carbons (Fsp3) is 0.273. The Morgan fingerprint density at radius 1 is 1.03 bits per heavy atom. The van der Waals surface area contributed by atoms with Gasteiger partial charge in [0.25, 0.3) is 5.91 Å². The largest absolute Gasteiger partial charge is 0.497 e. The third-order valence-corrected chi connectivity index (χ3v) is 4.68. The van der Waals surface area contributed by atoms with Crippen LogP contribution in [0.5, 0.6) is 11.5 Å². The van der Waals surface area contributed by atoms with E-state index in [0.717, 1.165) is 40.8 Å². The van der Waals surface area contributed by atoms with Crippen molar-refractivity contribution >= 4 is 22.8 Å². The van der Waals surface area contributed by atoms with Crippen molar-refractivity contribution in [3.05, 3.63) is 58.8 Å². The molecular formula is C22H24N2O5. The number of carboxylic acid groups (broad SMARTS) is 1. The van der Waals surface area contributed by atoms with Crippen LogP contribution in [-0.2, 0) is 6.42 Å². The van der Waals surface area contributed by atoms with Crippen LogP contribution >= 0.6 is 0 Å². The number of carbonyl (C=O) groups is 2. The molecule has 1 aromatic heterocycles. The van der Waals surface area contributed by atoms with E-state index in [4.69, 9.17) is 14.6 Å². The zero-order chi connectivity index (χ0) is 21.0. The van der Waals surface area contributed by atoms with E-state index in [1.54, 1.807) is 27.2 Å². The molecule has 3 rings (SSSR count). The van der Waals surface area contributed by atoms with Crippen molar-refractivity contribution in [1.29, 1.82) is 0 Å². The highest BCUT2D eigenvalue weighted by molar-refractivity contribution is 5.97. The molecule has 3 N–H and O–H groups in total. The number of hydrogen-bond acceptors (Lipinski definition) is 4. The van der Waals surface area contributed by atoms with E-state index in [1.807, 2.05) is 18.2 Å². The number of carbonyl (C=O) groups excluding carboxylic acids is 1. The molecule has 2 aromatic carbocycles. The molecule has 0 atom stereocenters. The number of nitrogens with one attached hydrogen (secondary N) is 2. The number of amides is 1. The molecule has 0 saturated carbocycles. The summed E-state index contributed by atoms with van der Waals surface area (Å²) >= 11 is 0. The third kappa shape index (κ3) is 4.68. The molecule has 0 radical (unpaired) electrons. The van der Waals surface area contributed by atoms with Crippen molar-refractivity contribution in [2.75, 3.05) is 20.8 Å². The first-order valence-corrected chi connectivity index (χ1v) is 9.28. The van der Waals surface area contributed by atoms with Crippen LogP contribution in [0.25, 0.3) is 10.9 Å². The van der Waals surface area contributed by atoms with Crippen molar-refractivity contribution in [3.63, 3.8) is 0 Å². The van der Waals surface area contributed by atoms with Gasteiger partial charge in [-0.1, -0.05) is 0 Å². The second-order valence-corrected chi connectivity index (χ2v) is 6.84. The lowest BCUT2D eigenvalue weighted by atomic mass is 10.1. The van der Waals surface area contributed by atoms with E-state index < -0.39 is 5.97 Å². The quantitative estimate of drug-likeness (QED) is 0.506. The van der Waals surface area contributed by atoms with Crippen LogP contribution in [0.3, 0.4) is 0 Å². The minimum Gasteiger partial charge on any atom is -0.497 e. The molecule has 0 aliphatic carbocycles. The highest BCUT2D eigenvalue weighted by atomic mass is 16.5. The monoisotopic (exact) mass is 396 g/mol. The van der Waals surface area contributed by atoms with Crippen LogP contribution in [-0.4, -0.2) is 42.7 Å². The number of aromatic carboxylic acids is 1. The number of ether oxygens (including phenoxy) is 2. The van der Waals surface area contributed by atoms with Crippen molar-refractivity contribution in [1.82, 2.24) is 10.3 Å². The fourth-order valence-corrected chi connectivity index (χ4v) is 3.28. The van der Waals surface area contributed by atoms with Gasteiger partial charge in [0.1, 0.15) is 11.5 Å². The Labute approximate surface area is 168 Å². The van der Waals surface area contributed by atoms with E-state index in [9.17, 15) is 9.59 Å². The Bertz CT molecular complexity index is 1050. The summed E-state index contributed by atoms with van der Waals surface area (Å²) in [5, 5.41) is 13.0. The van der Waals surface area contributed by atoms with Crippen molar-refractivity contribution in [2.24, 2.45) is 0 Å². The number of rotatable bonds is 8. The standard InChI is InChI=1S/C22H24N2O5/c1-13-7-14(9-15(8-13)22(26)27)21(25)23-6-4-5-16-10-18-19(24-16)11-17(28-2)12-20(18)29-3/h7-12,24H,4-6H2,1-3H3,(H,23,25)(H,26,27). The van der Waals surface area contributed by atoms with Gasteiger partial charge in [-0.15, -0.1) is 0 Å². The van der Waals surface area contributed by atoms with Gasteiger partial charge in [-0.05, 0) is 49.6 Å². The van der Waals surface area contributed by atoms with Crippen LogP contribution in [0.1, 0.15) is 38.4 Å². The first kappa shape index (κ1) is 20.3. The topological polar surface area (TPSA) is 101 Å². The van der Waals surface area contributed by atoms with Crippen molar-refractivity contribution in [2.45, 2.75) is 19.8 Å². The summed E-state index contributed by atoms with van der Waals surface area (Å²) in [6.45, 7) is 2.24. The Balaban J connectivity index is 1.60. The number of aryl methyl sites for hydroxylation is 2. The molecule has 0 aliphatic heterocycles. The molecule has 3 aromatic rings. The minimum atomic E-state index is -1.05. The Morgan fingerprint density at radius 2 is 1.79 bits per heavy atom. The lowest BCUT2D eigenvalue weighted by Gasteiger charge is -2.07. The number of benzene rings is 2. The summed E-state index contributed by atoms with van der Waals surface area (Å²) in [5.74, 6) is 0.130. The molecule has 1 amide bonds. The molecule has 0 unspecified atom stereocenters. The molecule has 7 heteroatoms. The number of fused-ring (bicyclic) bond motifs is 1. The van der Waals surface area contributed by atoms with Crippen LogP contribution in [0.15, 0.2) is 36.4 Å². The van der Waals surface area contributed by atoms with Crippen molar-refractivity contribution in [3.8, 4) is 11.5 Å². The van der Waals surface area contributed by atoms with Crippen LogP contribution in [0.4, 0.5) is 0 Å². The van der Waals surface area contributed by atoms with Gasteiger partial charge in [0.15, 0.2) is 0 Å². The van der Waals surface area contributed by atoms with Gasteiger partial charge < -0.3 is 24.9 Å². The smallest absolute Gasteiger partial charge is 0.335 e. The molecule has 0 spiro atoms. The molecular weight excluding hydrogens is 372 g/mol. The second-order valence-electron chi connectivity index (χ2n) is 6.84. The molecule has 7 nitrogen and oxygen atoms in total. The first-order chi connectivity index (χ1) is 13.9. The SMILES string of the molecule is COc1cc(OC)c2cc(CCCNC(=O)c3cc(C)cc(C(=O)O)c3)[nH]c2c1. The molecule has 1 heterocycles. The normalized spacial score (nSPS) is 10.7. The summed E-state index contributed by atoms with van der Waals surface area (Å²) in [5.41, 5.74) is 3.16. The third-order valence-electron chi connectivity index (χ3n) is 4.68. The lowest BCUT2D eigenvalue weighted by molar-refractivity contribution is 0.0696. The Kier molecular flexibility index (Phi) is 6.07. The number of aromatic nitrogens is 1. The molecule has 0 saturated heterocycles. The second kappa shape index (κ2) is 8.68.